The van der Waals surface area contributed by atoms with Crippen molar-refractivity contribution in [1.29, 1.82) is 0 Å². The predicted octanol–water partition coefficient (Wildman–Crippen LogP) is -0.0827. The highest BCUT2D eigenvalue weighted by atomic mass is 33.1. The molecule has 2 saturated heterocycles. The van der Waals surface area contributed by atoms with Crippen LogP contribution in [0, 0.1) is 0 Å². The van der Waals surface area contributed by atoms with Gasteiger partial charge in [-0.2, -0.15) is 0 Å². The maximum Gasteiger partial charge on any atom is 0.319 e. The van der Waals surface area contributed by atoms with Gasteiger partial charge in [-0.3, -0.25) is 15.2 Å². The number of piperazine rings is 1. The second-order valence-corrected chi connectivity index (χ2v) is 5.80. The molecule has 0 aromatic heterocycles. The van der Waals surface area contributed by atoms with E-state index in [-0.39, 0.29) is 5.50 Å². The van der Waals surface area contributed by atoms with Gasteiger partial charge in [0, 0.05) is 23.9 Å². The average molecular weight is 233 g/mol. The van der Waals surface area contributed by atoms with Crippen LogP contribution >= 0.6 is 21.6 Å². The molecule has 0 aliphatic carbocycles. The summed E-state index contributed by atoms with van der Waals surface area (Å²) in [5, 5.41) is 4.53. The molecule has 3 N–H and O–H groups in total. The smallest absolute Gasteiger partial charge is 0.296 e. The molecule has 80 valence electrons. The van der Waals surface area contributed by atoms with E-state index in [1.165, 1.54) is 18.3 Å². The minimum absolute atomic E-state index is 0.0687. The molecule has 1 atom stereocenters. The van der Waals surface area contributed by atoms with E-state index < -0.39 is 0 Å². The fraction of sp³-hybridized carbons (Fsp3) is 0.875. The molecule has 2 fully saturated rings. The lowest BCUT2D eigenvalue weighted by Gasteiger charge is -2.26. The molecule has 2 rings (SSSR count). The molecule has 0 bridgehead atoms. The molecule has 0 radical (unpaired) electrons. The summed E-state index contributed by atoms with van der Waals surface area (Å²) in [4.78, 5) is 2.48. The van der Waals surface area contributed by atoms with Crippen LogP contribution in [0.4, 0.5) is 0 Å². The molecule has 2 aliphatic rings. The molecule has 0 amide bonds. The van der Waals surface area contributed by atoms with Crippen molar-refractivity contribution in [2.75, 3.05) is 32.7 Å². The van der Waals surface area contributed by atoms with Crippen molar-refractivity contribution >= 4 is 26.8 Å². The van der Waals surface area contributed by atoms with Crippen molar-refractivity contribution in [3.63, 3.8) is 0 Å². The van der Waals surface area contributed by atoms with E-state index in [0.717, 1.165) is 19.6 Å². The third-order valence-corrected chi connectivity index (χ3v) is 4.94. The van der Waals surface area contributed by atoms with Crippen LogP contribution in [0.1, 0.15) is 6.92 Å². The molecule has 0 spiro atoms. The molecule has 1 unspecified atom stereocenters. The molecule has 2 aliphatic heterocycles. The molecular weight excluding hydrogens is 216 g/mol. The van der Waals surface area contributed by atoms with Crippen LogP contribution < -0.4 is 11.1 Å². The highest BCUT2D eigenvalue weighted by Gasteiger charge is 2.29. The first kappa shape index (κ1) is 10.6. The number of amidine groups is 1. The van der Waals surface area contributed by atoms with Crippen LogP contribution in [-0.4, -0.2) is 52.9 Å². The zero-order valence-electron chi connectivity index (χ0n) is 8.40. The van der Waals surface area contributed by atoms with E-state index in [2.05, 4.69) is 21.7 Å². The Bertz CT molecular complexity index is 233. The SMILES string of the molecule is CCN1CC[N+](=C2NC(N)SS2)CC1. The van der Waals surface area contributed by atoms with Crippen molar-refractivity contribution in [1.82, 2.24) is 10.2 Å². The van der Waals surface area contributed by atoms with Crippen LogP contribution in [0.2, 0.25) is 0 Å². The van der Waals surface area contributed by atoms with Crippen LogP contribution in [0.5, 0.6) is 0 Å². The van der Waals surface area contributed by atoms with Gasteiger partial charge in [0.15, 0.2) is 0 Å². The second kappa shape index (κ2) is 4.74. The lowest BCUT2D eigenvalue weighted by molar-refractivity contribution is -0.538. The minimum atomic E-state index is 0.0687. The van der Waals surface area contributed by atoms with Gasteiger partial charge in [-0.05, 0) is 17.3 Å². The number of nitrogens with two attached hydrogens (primary N) is 1. The topological polar surface area (TPSA) is 44.3 Å². The van der Waals surface area contributed by atoms with E-state index in [0.29, 0.717) is 0 Å². The summed E-state index contributed by atoms with van der Waals surface area (Å²) >= 11 is 0. The van der Waals surface area contributed by atoms with Crippen LogP contribution in [-0.2, 0) is 0 Å². The van der Waals surface area contributed by atoms with Gasteiger partial charge in [-0.1, -0.05) is 6.92 Å². The van der Waals surface area contributed by atoms with Gasteiger partial charge in [0.25, 0.3) is 0 Å². The van der Waals surface area contributed by atoms with Crippen LogP contribution in [0.15, 0.2) is 0 Å². The number of nitrogens with one attached hydrogen (secondary N) is 1. The number of hydrogen-bond acceptors (Lipinski definition) is 4. The number of rotatable bonds is 1. The van der Waals surface area contributed by atoms with Gasteiger partial charge in [-0.25, -0.2) is 5.32 Å². The van der Waals surface area contributed by atoms with Crippen LogP contribution in [0.25, 0.3) is 0 Å². The van der Waals surface area contributed by atoms with Gasteiger partial charge >= 0.3 is 5.17 Å². The maximum absolute atomic E-state index is 5.76. The minimum Gasteiger partial charge on any atom is -0.296 e. The summed E-state index contributed by atoms with van der Waals surface area (Å²) in [6.45, 7) is 7.96. The Morgan fingerprint density at radius 2 is 2.29 bits per heavy atom. The van der Waals surface area contributed by atoms with E-state index in [9.17, 15) is 0 Å². The van der Waals surface area contributed by atoms with Gasteiger partial charge in [0.1, 0.15) is 0 Å². The first-order valence-electron chi connectivity index (χ1n) is 4.99. The number of nitrogens with zero attached hydrogens (tertiary/aromatic N) is 2. The Morgan fingerprint density at radius 1 is 1.57 bits per heavy atom. The molecule has 14 heavy (non-hydrogen) atoms. The quantitative estimate of drug-likeness (QED) is 0.490. The predicted molar refractivity (Wildman–Crippen MR) is 63.4 cm³/mol. The number of likely N-dealkylation sites (N-methyl/N-ethyl adjacent to an activating group) is 1. The summed E-state index contributed by atoms with van der Waals surface area (Å²) in [5.74, 6) is 0. The molecule has 0 saturated carbocycles. The Hall–Kier alpha value is 0.0900. The Balaban J connectivity index is 1.94. The van der Waals surface area contributed by atoms with Gasteiger partial charge in [0.2, 0.25) is 5.50 Å². The number of hydrogen-bond donors (Lipinski definition) is 2. The lowest BCUT2D eigenvalue weighted by atomic mass is 10.3. The fourth-order valence-corrected chi connectivity index (χ4v) is 3.76. The van der Waals surface area contributed by atoms with Crippen molar-refractivity contribution < 1.29 is 4.58 Å². The third-order valence-electron chi connectivity index (χ3n) is 2.60. The highest BCUT2D eigenvalue weighted by Crippen LogP contribution is 2.30. The largest absolute Gasteiger partial charge is 0.319 e. The second-order valence-electron chi connectivity index (χ2n) is 3.47. The zero-order valence-corrected chi connectivity index (χ0v) is 10.0. The monoisotopic (exact) mass is 233 g/mol. The van der Waals surface area contributed by atoms with E-state index in [4.69, 9.17) is 5.73 Å². The van der Waals surface area contributed by atoms with Crippen molar-refractivity contribution in [3.05, 3.63) is 0 Å². The molecule has 4 nitrogen and oxygen atoms in total. The Morgan fingerprint density at radius 3 is 2.79 bits per heavy atom. The van der Waals surface area contributed by atoms with Crippen molar-refractivity contribution in [2.24, 2.45) is 5.73 Å². The average Bonchev–Trinajstić information content (AvgIpc) is 2.65. The maximum atomic E-state index is 5.76. The van der Waals surface area contributed by atoms with Crippen LogP contribution in [0.3, 0.4) is 0 Å². The summed E-state index contributed by atoms with van der Waals surface area (Å²) < 4.78 is 2.40. The molecular formula is C8H17N4S2+. The van der Waals surface area contributed by atoms with Crippen molar-refractivity contribution in [2.45, 2.75) is 12.4 Å². The summed E-state index contributed by atoms with van der Waals surface area (Å²) in [6.07, 6.45) is 0. The first-order valence-corrected chi connectivity index (χ1v) is 7.20. The molecule has 0 aromatic carbocycles. The zero-order chi connectivity index (χ0) is 9.97. The standard InChI is InChI=1S/C8H16N4S2/c1-2-11-3-5-12(6-4-11)8-10-7(9)13-14-8/h7H,2-6,9H2,1H3/p+1. The molecule has 6 heteroatoms. The normalized spacial score (nSPS) is 29.4. The van der Waals surface area contributed by atoms with E-state index in [1.54, 1.807) is 21.6 Å². The Kier molecular flexibility index (Phi) is 3.59. The Labute approximate surface area is 92.7 Å². The third kappa shape index (κ3) is 2.36. The van der Waals surface area contributed by atoms with E-state index >= 15 is 0 Å². The van der Waals surface area contributed by atoms with E-state index in [1.807, 2.05) is 0 Å². The molecule has 0 aromatic rings. The summed E-state index contributed by atoms with van der Waals surface area (Å²) in [5.41, 5.74) is 5.83. The molecule has 2 heterocycles. The van der Waals surface area contributed by atoms with Gasteiger partial charge in [0.05, 0.1) is 13.1 Å². The summed E-state index contributed by atoms with van der Waals surface area (Å²) in [6, 6.07) is 0. The summed E-state index contributed by atoms with van der Waals surface area (Å²) in [7, 11) is 3.47. The fourth-order valence-electron chi connectivity index (χ4n) is 1.68. The lowest BCUT2D eigenvalue weighted by Crippen LogP contribution is -2.46. The highest BCUT2D eigenvalue weighted by molar-refractivity contribution is 8.83. The van der Waals surface area contributed by atoms with Gasteiger partial charge in [-0.15, -0.1) is 0 Å². The van der Waals surface area contributed by atoms with Gasteiger partial charge < -0.3 is 0 Å². The first-order chi connectivity index (χ1) is 6.79. The van der Waals surface area contributed by atoms with Crippen molar-refractivity contribution in [3.8, 4) is 0 Å².